The predicted molar refractivity (Wildman–Crippen MR) is 38.5 cm³/mol. The van der Waals surface area contributed by atoms with Crippen molar-refractivity contribution >= 4 is 0 Å². The van der Waals surface area contributed by atoms with Gasteiger partial charge in [0.2, 0.25) is 0 Å². The van der Waals surface area contributed by atoms with Crippen molar-refractivity contribution in [2.45, 2.75) is 12.8 Å². The highest BCUT2D eigenvalue weighted by atomic mass is 16.5. The molecule has 0 saturated carbocycles. The molecule has 1 aliphatic rings. The maximum Gasteiger partial charge on any atom is 0.149 e. The van der Waals surface area contributed by atoms with Crippen LogP contribution in [0.25, 0.3) is 5.43 Å². The van der Waals surface area contributed by atoms with E-state index < -0.39 is 0 Å². The van der Waals surface area contributed by atoms with Gasteiger partial charge in [0, 0.05) is 0 Å². The maximum atomic E-state index is 9.11. The molecule has 1 rings (SSSR count). The smallest absolute Gasteiger partial charge is 0.149 e. The van der Waals surface area contributed by atoms with Crippen LogP contribution >= 0.6 is 0 Å². The normalized spacial score (nSPS) is 20.4. The first kappa shape index (κ1) is 7.47. The van der Waals surface area contributed by atoms with E-state index in [1.54, 1.807) is 7.05 Å². The van der Waals surface area contributed by atoms with E-state index >= 15 is 0 Å². The van der Waals surface area contributed by atoms with Gasteiger partial charge in [0.15, 0.2) is 0 Å². The highest BCUT2D eigenvalue weighted by molar-refractivity contribution is 5.14. The largest absolute Gasteiger partial charge is 0.417 e. The molecule has 0 spiro atoms. The van der Waals surface area contributed by atoms with Gasteiger partial charge in [0.05, 0.1) is 0 Å². The van der Waals surface area contributed by atoms with Gasteiger partial charge in [-0.3, -0.25) is 0 Å². The average molecular weight is 140 g/mol. The molecule has 0 fully saturated rings. The van der Waals surface area contributed by atoms with Crippen molar-refractivity contribution in [2.75, 3.05) is 7.05 Å². The first-order valence-corrected chi connectivity index (χ1v) is 3.37. The molecule has 56 valence electrons. The molecule has 0 aromatic heterocycles. The second-order valence-corrected chi connectivity index (χ2v) is 2.19. The van der Waals surface area contributed by atoms with Gasteiger partial charge in [-0.2, -0.15) is 0 Å². The van der Waals surface area contributed by atoms with E-state index in [0.717, 1.165) is 18.5 Å². The van der Waals surface area contributed by atoms with Crippen LogP contribution in [0.5, 0.6) is 0 Å². The molecule has 3 nitrogen and oxygen atoms in total. The molecule has 1 aliphatic carbocycles. The minimum absolute atomic E-state index is 0.135. The Morgan fingerprint density at radius 2 is 2.40 bits per heavy atom. The summed E-state index contributed by atoms with van der Waals surface area (Å²) < 4.78 is 0. The van der Waals surface area contributed by atoms with Gasteiger partial charge in [-0.05, 0) is 25.0 Å². The van der Waals surface area contributed by atoms with Gasteiger partial charge in [-0.15, -0.1) is 7.05 Å². The summed E-state index contributed by atoms with van der Waals surface area (Å²) in [5.41, 5.74) is 4.51. The van der Waals surface area contributed by atoms with Crippen LogP contribution in [0.2, 0.25) is 0 Å². The molecule has 0 heterocycles. The second-order valence-electron chi connectivity index (χ2n) is 2.19. The molecular weight excluding hydrogens is 128 g/mol. The summed E-state index contributed by atoms with van der Waals surface area (Å²) in [4.78, 5) is 0. The summed E-state index contributed by atoms with van der Waals surface area (Å²) in [5, 5.41) is 9.25. The van der Waals surface area contributed by atoms with E-state index in [4.69, 9.17) is 5.21 Å². The summed E-state index contributed by atoms with van der Waals surface area (Å²) >= 11 is 0. The van der Waals surface area contributed by atoms with Crippen LogP contribution in [0.3, 0.4) is 0 Å². The summed E-state index contributed by atoms with van der Waals surface area (Å²) in [7, 11) is 1.58. The van der Waals surface area contributed by atoms with Crippen molar-refractivity contribution in [3.63, 3.8) is 0 Å². The fourth-order valence-electron chi connectivity index (χ4n) is 0.908. The Bertz CT molecular complexity index is 163. The molecule has 0 aromatic rings. The summed E-state index contributed by atoms with van der Waals surface area (Å²) in [6.45, 7) is 0. The van der Waals surface area contributed by atoms with Crippen LogP contribution in [-0.2, 0) is 0 Å². The van der Waals surface area contributed by atoms with E-state index in [2.05, 4.69) is 5.43 Å². The van der Waals surface area contributed by atoms with Crippen molar-refractivity contribution in [1.82, 2.24) is 0 Å². The van der Waals surface area contributed by atoms with E-state index in [9.17, 15) is 0 Å². The molecule has 0 amide bonds. The summed E-state index contributed by atoms with van der Waals surface area (Å²) in [6, 6.07) is 0. The molecule has 0 radical (unpaired) electrons. The molecule has 10 heavy (non-hydrogen) atoms. The number of hydrogen-bond acceptors (Lipinski definition) is 1. The summed E-state index contributed by atoms with van der Waals surface area (Å²) in [6.07, 6.45) is 8.00. The van der Waals surface area contributed by atoms with Crippen LogP contribution in [0.4, 0.5) is 0 Å². The lowest BCUT2D eigenvalue weighted by molar-refractivity contribution is -1.02. The molecule has 0 aliphatic heterocycles. The standard InChI is InChI=1S/C7H12N2O/c1-8-9(10)7-5-3-2-4-6-7/h3,5-6,9-10H,2,4H2,1H3. The topological polar surface area (TPSA) is 38.8 Å². The van der Waals surface area contributed by atoms with Crippen LogP contribution < -0.4 is 5.17 Å². The lowest BCUT2D eigenvalue weighted by Crippen LogP contribution is -3.03. The van der Waals surface area contributed by atoms with Crippen molar-refractivity contribution < 1.29 is 10.4 Å². The van der Waals surface area contributed by atoms with Crippen LogP contribution in [-0.4, -0.2) is 12.3 Å². The Kier molecular flexibility index (Phi) is 2.62. The van der Waals surface area contributed by atoms with Crippen LogP contribution in [0.1, 0.15) is 12.8 Å². The zero-order valence-electron chi connectivity index (χ0n) is 6.04. The highest BCUT2D eigenvalue weighted by Gasteiger charge is 2.02. The minimum Gasteiger partial charge on any atom is -0.417 e. The van der Waals surface area contributed by atoms with Crippen LogP contribution in [0, 0.1) is 0 Å². The van der Waals surface area contributed by atoms with Crippen molar-refractivity contribution in [1.29, 1.82) is 0 Å². The van der Waals surface area contributed by atoms with E-state index in [1.165, 1.54) is 0 Å². The first-order valence-electron chi connectivity index (χ1n) is 3.37. The van der Waals surface area contributed by atoms with E-state index in [1.807, 2.05) is 18.2 Å². The fourth-order valence-corrected chi connectivity index (χ4v) is 0.908. The number of nitrogens with one attached hydrogen (secondary N) is 1. The van der Waals surface area contributed by atoms with Gasteiger partial charge < -0.3 is 5.43 Å². The number of hydrogen-bond donors (Lipinski definition) is 2. The molecule has 0 aromatic carbocycles. The molecule has 1 unspecified atom stereocenters. The monoisotopic (exact) mass is 140 g/mol. The third-order valence-corrected chi connectivity index (χ3v) is 1.46. The lowest BCUT2D eigenvalue weighted by Gasteiger charge is -2.20. The SMILES string of the molecule is C[N-][NH+](O)C1=CCCC=C1. The third-order valence-electron chi connectivity index (χ3n) is 1.46. The second kappa shape index (κ2) is 3.51. The Balaban J connectivity index is 2.54. The maximum absolute atomic E-state index is 9.11. The Hall–Kier alpha value is -0.640. The van der Waals surface area contributed by atoms with E-state index in [0.29, 0.717) is 0 Å². The van der Waals surface area contributed by atoms with Crippen molar-refractivity contribution in [2.24, 2.45) is 0 Å². The molecule has 2 N–H and O–H groups in total. The number of nitrogens with zero attached hydrogens (tertiary/aromatic N) is 1. The first-order chi connectivity index (χ1) is 4.84. The van der Waals surface area contributed by atoms with Gasteiger partial charge in [-0.25, -0.2) is 10.4 Å². The molecule has 0 saturated heterocycles. The summed E-state index contributed by atoms with van der Waals surface area (Å²) in [5.74, 6) is 0. The molecule has 3 heteroatoms. The zero-order valence-corrected chi connectivity index (χ0v) is 6.04. The Morgan fingerprint density at radius 3 is 2.90 bits per heavy atom. The lowest BCUT2D eigenvalue weighted by atomic mass is 10.1. The minimum atomic E-state index is 0.135. The highest BCUT2D eigenvalue weighted by Crippen LogP contribution is 2.03. The zero-order chi connectivity index (χ0) is 7.40. The average Bonchev–Trinajstić information content (AvgIpc) is 2.05. The van der Waals surface area contributed by atoms with Gasteiger partial charge in [0.25, 0.3) is 0 Å². The quantitative estimate of drug-likeness (QED) is 0.536. The number of quaternary nitrogens is 1. The van der Waals surface area contributed by atoms with Gasteiger partial charge in [0.1, 0.15) is 5.70 Å². The fraction of sp³-hybridized carbons (Fsp3) is 0.429. The molecular formula is C7H12N2O. The Labute approximate surface area is 60.6 Å². The number of hydroxylamine groups is 1. The number of allylic oxidation sites excluding steroid dienone is 3. The third kappa shape index (κ3) is 1.67. The van der Waals surface area contributed by atoms with Gasteiger partial charge >= 0.3 is 0 Å². The van der Waals surface area contributed by atoms with E-state index in [-0.39, 0.29) is 5.17 Å². The van der Waals surface area contributed by atoms with Gasteiger partial charge in [-0.1, -0.05) is 6.08 Å². The number of rotatable bonds is 2. The molecule has 1 atom stereocenters. The Morgan fingerprint density at radius 1 is 1.60 bits per heavy atom. The predicted octanol–water partition coefficient (Wildman–Crippen LogP) is 0.413. The van der Waals surface area contributed by atoms with Crippen LogP contribution in [0.15, 0.2) is 23.9 Å². The molecule has 0 bridgehead atoms. The van der Waals surface area contributed by atoms with Crippen molar-refractivity contribution in [3.05, 3.63) is 29.4 Å². The van der Waals surface area contributed by atoms with Crippen molar-refractivity contribution in [3.8, 4) is 0 Å².